The lowest BCUT2D eigenvalue weighted by molar-refractivity contribution is -0.138. The van der Waals surface area contributed by atoms with E-state index in [0.717, 1.165) is 5.69 Å². The number of hydrogen-bond acceptors (Lipinski definition) is 4. The standard InChI is InChI=1S/C10H14N2O2S/c13-10(14)8-12(5-6-15)7-9-3-1-2-4-11-9/h1-4,15H,5-8H2,(H,13,14). The molecule has 1 rings (SSSR count). The van der Waals surface area contributed by atoms with Gasteiger partial charge in [-0.1, -0.05) is 6.07 Å². The summed E-state index contributed by atoms with van der Waals surface area (Å²) in [6, 6.07) is 5.61. The van der Waals surface area contributed by atoms with Gasteiger partial charge >= 0.3 is 5.97 Å². The number of pyridine rings is 1. The van der Waals surface area contributed by atoms with Crippen LogP contribution in [0.15, 0.2) is 24.4 Å². The van der Waals surface area contributed by atoms with E-state index < -0.39 is 5.97 Å². The molecule has 5 heteroatoms. The molecule has 0 fully saturated rings. The second-order valence-electron chi connectivity index (χ2n) is 3.15. The normalized spacial score (nSPS) is 10.5. The van der Waals surface area contributed by atoms with Crippen molar-refractivity contribution in [3.05, 3.63) is 30.1 Å². The predicted octanol–water partition coefficient (Wildman–Crippen LogP) is 0.898. The third kappa shape index (κ3) is 4.80. The molecule has 0 saturated heterocycles. The zero-order valence-corrected chi connectivity index (χ0v) is 9.23. The predicted molar refractivity (Wildman–Crippen MR) is 61.0 cm³/mol. The van der Waals surface area contributed by atoms with Crippen molar-refractivity contribution in [2.24, 2.45) is 0 Å². The number of carbonyl (C=O) groups is 1. The fourth-order valence-corrected chi connectivity index (χ4v) is 1.55. The van der Waals surface area contributed by atoms with Gasteiger partial charge in [-0.3, -0.25) is 14.7 Å². The first-order valence-electron chi connectivity index (χ1n) is 4.67. The fourth-order valence-electron chi connectivity index (χ4n) is 1.27. The van der Waals surface area contributed by atoms with Crippen molar-refractivity contribution >= 4 is 18.6 Å². The van der Waals surface area contributed by atoms with E-state index in [1.54, 1.807) is 11.1 Å². The molecule has 0 aliphatic rings. The number of hydrogen-bond donors (Lipinski definition) is 2. The van der Waals surface area contributed by atoms with Crippen LogP contribution in [0.1, 0.15) is 5.69 Å². The van der Waals surface area contributed by atoms with Crippen LogP contribution in [0.4, 0.5) is 0 Å². The Kier molecular flexibility index (Phi) is 5.14. The van der Waals surface area contributed by atoms with Gasteiger partial charge in [-0.15, -0.1) is 0 Å². The van der Waals surface area contributed by atoms with Crippen LogP contribution in [0.2, 0.25) is 0 Å². The van der Waals surface area contributed by atoms with Gasteiger partial charge in [-0.05, 0) is 12.1 Å². The summed E-state index contributed by atoms with van der Waals surface area (Å²) in [5, 5.41) is 8.70. The Morgan fingerprint density at radius 2 is 2.33 bits per heavy atom. The number of nitrogens with zero attached hydrogens (tertiary/aromatic N) is 2. The Hall–Kier alpha value is -1.07. The molecule has 82 valence electrons. The second kappa shape index (κ2) is 6.42. The van der Waals surface area contributed by atoms with E-state index in [4.69, 9.17) is 5.11 Å². The van der Waals surface area contributed by atoms with Crippen molar-refractivity contribution in [1.29, 1.82) is 0 Å². The van der Waals surface area contributed by atoms with Crippen LogP contribution in [-0.2, 0) is 11.3 Å². The Morgan fingerprint density at radius 3 is 2.87 bits per heavy atom. The van der Waals surface area contributed by atoms with Gasteiger partial charge in [-0.25, -0.2) is 0 Å². The lowest BCUT2D eigenvalue weighted by Gasteiger charge is -2.18. The van der Waals surface area contributed by atoms with E-state index in [1.165, 1.54) is 0 Å². The maximum absolute atomic E-state index is 10.6. The van der Waals surface area contributed by atoms with Gasteiger partial charge < -0.3 is 5.11 Å². The van der Waals surface area contributed by atoms with Gasteiger partial charge in [0.15, 0.2) is 0 Å². The van der Waals surface area contributed by atoms with Crippen LogP contribution < -0.4 is 0 Å². The lowest BCUT2D eigenvalue weighted by Crippen LogP contribution is -2.31. The first-order valence-corrected chi connectivity index (χ1v) is 5.30. The summed E-state index contributed by atoms with van der Waals surface area (Å²) >= 11 is 4.09. The van der Waals surface area contributed by atoms with E-state index >= 15 is 0 Å². The topological polar surface area (TPSA) is 53.4 Å². The molecule has 0 atom stereocenters. The van der Waals surface area contributed by atoms with Crippen molar-refractivity contribution in [2.45, 2.75) is 6.54 Å². The quantitative estimate of drug-likeness (QED) is 0.708. The smallest absolute Gasteiger partial charge is 0.317 e. The minimum atomic E-state index is -0.826. The number of thiol groups is 1. The Balaban J connectivity index is 2.54. The van der Waals surface area contributed by atoms with Gasteiger partial charge in [0.1, 0.15) is 0 Å². The molecule has 4 nitrogen and oxygen atoms in total. The molecule has 1 heterocycles. The third-order valence-corrected chi connectivity index (χ3v) is 2.09. The number of carboxylic acids is 1. The molecule has 0 radical (unpaired) electrons. The molecule has 0 aliphatic heterocycles. The first kappa shape index (κ1) is 12.0. The van der Waals surface area contributed by atoms with Gasteiger partial charge in [-0.2, -0.15) is 12.6 Å². The summed E-state index contributed by atoms with van der Waals surface area (Å²) in [5.74, 6) is -0.187. The molecule has 1 aromatic heterocycles. The van der Waals surface area contributed by atoms with Gasteiger partial charge in [0.25, 0.3) is 0 Å². The van der Waals surface area contributed by atoms with Crippen LogP contribution >= 0.6 is 12.6 Å². The average Bonchev–Trinajstić information content (AvgIpc) is 2.18. The van der Waals surface area contributed by atoms with Gasteiger partial charge in [0.05, 0.1) is 12.2 Å². The highest BCUT2D eigenvalue weighted by Gasteiger charge is 2.09. The van der Waals surface area contributed by atoms with E-state index in [9.17, 15) is 4.79 Å². The fraction of sp³-hybridized carbons (Fsp3) is 0.400. The highest BCUT2D eigenvalue weighted by Crippen LogP contribution is 2.00. The minimum Gasteiger partial charge on any atom is -0.480 e. The van der Waals surface area contributed by atoms with Crippen molar-refractivity contribution in [1.82, 2.24) is 9.88 Å². The van der Waals surface area contributed by atoms with Crippen LogP contribution in [0, 0.1) is 0 Å². The Bertz CT molecular complexity index is 306. The zero-order chi connectivity index (χ0) is 11.1. The molecule has 0 amide bonds. The summed E-state index contributed by atoms with van der Waals surface area (Å²) in [6.07, 6.45) is 1.70. The van der Waals surface area contributed by atoms with Crippen LogP contribution in [0.3, 0.4) is 0 Å². The molecular weight excluding hydrogens is 212 g/mol. The molecule has 15 heavy (non-hydrogen) atoms. The number of aromatic nitrogens is 1. The summed E-state index contributed by atoms with van der Waals surface area (Å²) in [4.78, 5) is 16.5. The second-order valence-corrected chi connectivity index (χ2v) is 3.60. The van der Waals surface area contributed by atoms with Crippen molar-refractivity contribution in [2.75, 3.05) is 18.8 Å². The number of aliphatic carboxylic acids is 1. The Labute approximate surface area is 94.3 Å². The molecule has 0 aliphatic carbocycles. The Morgan fingerprint density at radius 1 is 1.53 bits per heavy atom. The molecule has 0 bridgehead atoms. The molecule has 1 aromatic rings. The summed E-state index contributed by atoms with van der Waals surface area (Å²) < 4.78 is 0. The minimum absolute atomic E-state index is 0.0249. The first-order chi connectivity index (χ1) is 7.22. The van der Waals surface area contributed by atoms with Crippen LogP contribution in [0.25, 0.3) is 0 Å². The van der Waals surface area contributed by atoms with Crippen LogP contribution in [-0.4, -0.2) is 39.8 Å². The van der Waals surface area contributed by atoms with Crippen molar-refractivity contribution in [3.8, 4) is 0 Å². The van der Waals surface area contributed by atoms with Crippen LogP contribution in [0.5, 0.6) is 0 Å². The zero-order valence-electron chi connectivity index (χ0n) is 8.33. The largest absolute Gasteiger partial charge is 0.480 e. The molecule has 0 spiro atoms. The summed E-state index contributed by atoms with van der Waals surface area (Å²) in [7, 11) is 0. The maximum Gasteiger partial charge on any atom is 0.317 e. The van der Waals surface area contributed by atoms with E-state index in [-0.39, 0.29) is 6.54 Å². The van der Waals surface area contributed by atoms with E-state index in [2.05, 4.69) is 17.6 Å². The SMILES string of the molecule is O=C(O)CN(CCS)Cc1ccccn1. The van der Waals surface area contributed by atoms with Crippen molar-refractivity contribution < 1.29 is 9.90 Å². The molecule has 0 saturated carbocycles. The molecule has 0 unspecified atom stereocenters. The van der Waals surface area contributed by atoms with Crippen molar-refractivity contribution in [3.63, 3.8) is 0 Å². The van der Waals surface area contributed by atoms with Gasteiger partial charge in [0.2, 0.25) is 0 Å². The molecule has 1 N–H and O–H groups in total. The number of rotatable bonds is 6. The van der Waals surface area contributed by atoms with E-state index in [0.29, 0.717) is 18.8 Å². The maximum atomic E-state index is 10.6. The highest BCUT2D eigenvalue weighted by atomic mass is 32.1. The molecular formula is C10H14N2O2S. The third-order valence-electron chi connectivity index (χ3n) is 1.89. The van der Waals surface area contributed by atoms with E-state index in [1.807, 2.05) is 18.2 Å². The average molecular weight is 226 g/mol. The van der Waals surface area contributed by atoms with Gasteiger partial charge in [0, 0.05) is 25.0 Å². The summed E-state index contributed by atoms with van der Waals surface area (Å²) in [5.41, 5.74) is 0.875. The lowest BCUT2D eigenvalue weighted by atomic mass is 10.3. The summed E-state index contributed by atoms with van der Waals surface area (Å²) in [6.45, 7) is 1.22. The monoisotopic (exact) mass is 226 g/mol. The number of carboxylic acid groups (broad SMARTS) is 1. The molecule has 0 aromatic carbocycles. The highest BCUT2D eigenvalue weighted by molar-refractivity contribution is 7.80.